The fourth-order valence-corrected chi connectivity index (χ4v) is 7.18. The van der Waals surface area contributed by atoms with Gasteiger partial charge in [-0.2, -0.15) is 0 Å². The van der Waals surface area contributed by atoms with Crippen molar-refractivity contribution >= 4 is 11.9 Å². The van der Waals surface area contributed by atoms with Gasteiger partial charge in [-0.3, -0.25) is 9.59 Å². The Hall–Kier alpha value is -3.74. The molecule has 3 N–H and O–H groups in total. The molecule has 0 saturated heterocycles. The summed E-state index contributed by atoms with van der Waals surface area (Å²) in [4.78, 5) is 26.1. The lowest BCUT2D eigenvalue weighted by atomic mass is 10.0. The smallest absolute Gasteiger partial charge is 0.306 e. The minimum Gasteiger partial charge on any atom is -0.462 e. The number of unbranched alkanes of at least 4 members (excludes halogenated alkanes) is 20. The van der Waals surface area contributed by atoms with Crippen LogP contribution < -0.4 is 5.32 Å². The van der Waals surface area contributed by atoms with Crippen LogP contribution in [0, 0.1) is 0 Å². The number of rotatable bonds is 44. The number of ether oxygens (including phenoxy) is 1. The van der Waals surface area contributed by atoms with Gasteiger partial charge >= 0.3 is 5.97 Å². The Morgan fingerprint density at radius 3 is 1.31 bits per heavy atom. The molecule has 0 aliphatic carbocycles. The summed E-state index contributed by atoms with van der Waals surface area (Å²) < 4.78 is 5.88. The van der Waals surface area contributed by atoms with Crippen LogP contribution in [0.15, 0.2) is 122 Å². The van der Waals surface area contributed by atoms with Crippen molar-refractivity contribution in [3.8, 4) is 0 Å². The van der Waals surface area contributed by atoms with Crippen LogP contribution in [0.4, 0.5) is 0 Å². The summed E-state index contributed by atoms with van der Waals surface area (Å²) in [6, 6.07) is -0.740. The summed E-state index contributed by atoms with van der Waals surface area (Å²) in [5, 5.41) is 23.8. The summed E-state index contributed by atoms with van der Waals surface area (Å²) in [5.41, 5.74) is 0. The normalized spacial score (nSPS) is 14.3. The van der Waals surface area contributed by atoms with Crippen molar-refractivity contribution in [2.45, 2.75) is 225 Å². The Kier molecular flexibility index (Phi) is 47.3. The topological polar surface area (TPSA) is 95.9 Å². The van der Waals surface area contributed by atoms with Gasteiger partial charge in [0, 0.05) is 6.42 Å². The van der Waals surface area contributed by atoms with Crippen molar-refractivity contribution in [3.05, 3.63) is 122 Å². The van der Waals surface area contributed by atoms with E-state index in [2.05, 4.69) is 68.6 Å². The zero-order valence-corrected chi connectivity index (χ0v) is 41.1. The van der Waals surface area contributed by atoms with E-state index in [0.29, 0.717) is 19.3 Å². The maximum absolute atomic E-state index is 13.2. The zero-order chi connectivity index (χ0) is 46.7. The highest BCUT2D eigenvalue weighted by molar-refractivity contribution is 5.77. The third kappa shape index (κ3) is 44.9. The van der Waals surface area contributed by atoms with Gasteiger partial charge in [0.25, 0.3) is 0 Å². The SMILES string of the molecule is CC\C=C/C=C/C=C/C=C\C=C\C=C\CCCC(CC(=O)NC(CO)C(O)CCCCCCCCCCCCCCCCC)OC(=O)CCCCCCC\C=C/C=C/C=C/C=C/CC. The molecule has 0 rings (SSSR count). The minimum atomic E-state index is -0.820. The van der Waals surface area contributed by atoms with Gasteiger partial charge in [0.15, 0.2) is 0 Å². The number of hydrogen-bond acceptors (Lipinski definition) is 5. The third-order valence-corrected chi connectivity index (χ3v) is 11.0. The van der Waals surface area contributed by atoms with Crippen LogP contribution in [0.3, 0.4) is 0 Å². The summed E-state index contributed by atoms with van der Waals surface area (Å²) in [5.74, 6) is -0.587. The second-order valence-corrected chi connectivity index (χ2v) is 17.1. The molecule has 0 aromatic rings. The number of amides is 1. The summed E-state index contributed by atoms with van der Waals surface area (Å²) in [7, 11) is 0. The molecule has 0 radical (unpaired) electrons. The van der Waals surface area contributed by atoms with Crippen molar-refractivity contribution in [3.63, 3.8) is 0 Å². The molecule has 1 amide bonds. The molecule has 0 aromatic heterocycles. The lowest BCUT2D eigenvalue weighted by Crippen LogP contribution is -2.46. The first kappa shape index (κ1) is 60.3. The van der Waals surface area contributed by atoms with Crippen LogP contribution >= 0.6 is 0 Å². The molecule has 6 nitrogen and oxygen atoms in total. The monoisotopic (exact) mass is 886 g/mol. The first-order valence-corrected chi connectivity index (χ1v) is 25.9. The van der Waals surface area contributed by atoms with Gasteiger partial charge in [0.2, 0.25) is 5.91 Å². The molecular weight excluding hydrogens is 791 g/mol. The lowest BCUT2D eigenvalue weighted by Gasteiger charge is -2.24. The molecule has 0 heterocycles. The maximum Gasteiger partial charge on any atom is 0.306 e. The molecular formula is C58H95NO5. The van der Waals surface area contributed by atoms with E-state index in [9.17, 15) is 19.8 Å². The first-order valence-electron chi connectivity index (χ1n) is 25.9. The Balaban J connectivity index is 4.77. The highest BCUT2D eigenvalue weighted by Crippen LogP contribution is 2.17. The van der Waals surface area contributed by atoms with Crippen molar-refractivity contribution in [2.75, 3.05) is 6.61 Å². The van der Waals surface area contributed by atoms with Gasteiger partial charge in [0.05, 0.1) is 25.2 Å². The second kappa shape index (κ2) is 50.3. The van der Waals surface area contributed by atoms with E-state index in [4.69, 9.17) is 4.74 Å². The predicted octanol–water partition coefficient (Wildman–Crippen LogP) is 15.7. The van der Waals surface area contributed by atoms with Crippen LogP contribution in [-0.4, -0.2) is 46.9 Å². The van der Waals surface area contributed by atoms with Crippen LogP contribution in [0.1, 0.15) is 207 Å². The van der Waals surface area contributed by atoms with Crippen molar-refractivity contribution in [1.29, 1.82) is 0 Å². The van der Waals surface area contributed by atoms with Gasteiger partial charge in [0.1, 0.15) is 6.10 Å². The Morgan fingerprint density at radius 1 is 0.469 bits per heavy atom. The van der Waals surface area contributed by atoms with Crippen molar-refractivity contribution < 1.29 is 24.5 Å². The van der Waals surface area contributed by atoms with Crippen molar-refractivity contribution in [1.82, 2.24) is 5.32 Å². The summed E-state index contributed by atoms with van der Waals surface area (Å²) >= 11 is 0. The minimum absolute atomic E-state index is 0.00876. The molecule has 3 atom stereocenters. The van der Waals surface area contributed by atoms with Crippen LogP contribution in [0.5, 0.6) is 0 Å². The van der Waals surface area contributed by atoms with E-state index < -0.39 is 18.2 Å². The van der Waals surface area contributed by atoms with Gasteiger partial charge in [-0.25, -0.2) is 0 Å². The quantitative estimate of drug-likeness (QED) is 0.0322. The number of hydrogen-bond donors (Lipinski definition) is 3. The molecule has 0 saturated carbocycles. The number of aliphatic hydroxyl groups is 2. The first-order chi connectivity index (χ1) is 31.5. The van der Waals surface area contributed by atoms with Gasteiger partial charge < -0.3 is 20.3 Å². The Morgan fingerprint density at radius 2 is 0.859 bits per heavy atom. The number of allylic oxidation sites excluding steroid dienone is 20. The van der Waals surface area contributed by atoms with Crippen LogP contribution in [0.25, 0.3) is 0 Å². The number of esters is 1. The Labute approximate surface area is 393 Å². The summed E-state index contributed by atoms with van der Waals surface area (Å²) in [6.07, 6.45) is 69.7. The van der Waals surface area contributed by atoms with Gasteiger partial charge in [-0.1, -0.05) is 258 Å². The molecule has 6 heteroatoms. The highest BCUT2D eigenvalue weighted by Gasteiger charge is 2.24. The van der Waals surface area contributed by atoms with E-state index in [-0.39, 0.29) is 24.9 Å². The van der Waals surface area contributed by atoms with Crippen LogP contribution in [0.2, 0.25) is 0 Å². The number of nitrogens with one attached hydrogen (secondary N) is 1. The van der Waals surface area contributed by atoms with Crippen molar-refractivity contribution in [2.24, 2.45) is 0 Å². The molecule has 0 aliphatic heterocycles. The standard InChI is InChI=1S/C58H95NO5/c1-4-7-10-13-16-19-22-25-28-31-34-37-40-43-46-49-54(64-58(63)51-48-45-42-39-36-33-30-27-24-21-18-15-12-9-6-3)52-57(62)59-55(53-60)56(61)50-47-44-41-38-35-32-29-26-23-20-17-14-11-8-5-2/h7,9-10,12-13,15-16,18-19,21-22,24-25,27-28,30-31,34,37,40,54-56,60-61H,4-6,8,11,14,17,20,23,26,29,32-33,35-36,38-39,41-53H2,1-3H3,(H,59,62)/b10-7-,12-9+,16-13+,18-15+,22-19+,24-21+,28-25-,30-27-,34-31+,40-37+. The highest BCUT2D eigenvalue weighted by atomic mass is 16.5. The van der Waals surface area contributed by atoms with E-state index >= 15 is 0 Å². The molecule has 64 heavy (non-hydrogen) atoms. The zero-order valence-electron chi connectivity index (χ0n) is 41.1. The van der Waals surface area contributed by atoms with Crippen LogP contribution in [-0.2, 0) is 14.3 Å². The molecule has 0 bridgehead atoms. The maximum atomic E-state index is 13.2. The molecule has 3 unspecified atom stereocenters. The number of carbonyl (C=O) groups excluding carboxylic acids is 2. The molecule has 0 spiro atoms. The Bertz CT molecular complexity index is 1360. The molecule has 0 aromatic carbocycles. The average molecular weight is 886 g/mol. The third-order valence-electron chi connectivity index (χ3n) is 11.0. The fraction of sp³-hybridized carbons (Fsp3) is 0.621. The van der Waals surface area contributed by atoms with E-state index in [1.165, 1.54) is 77.0 Å². The molecule has 0 aliphatic rings. The second-order valence-electron chi connectivity index (χ2n) is 17.1. The fourth-order valence-electron chi connectivity index (χ4n) is 7.18. The average Bonchev–Trinajstić information content (AvgIpc) is 3.29. The predicted molar refractivity (Wildman–Crippen MR) is 277 cm³/mol. The van der Waals surface area contributed by atoms with E-state index in [0.717, 1.165) is 83.5 Å². The van der Waals surface area contributed by atoms with Gasteiger partial charge in [-0.15, -0.1) is 0 Å². The van der Waals surface area contributed by atoms with Gasteiger partial charge in [-0.05, 0) is 57.8 Å². The van der Waals surface area contributed by atoms with E-state index in [1.54, 1.807) is 0 Å². The largest absolute Gasteiger partial charge is 0.462 e. The number of aliphatic hydroxyl groups excluding tert-OH is 2. The number of carbonyl (C=O) groups is 2. The molecule has 0 fully saturated rings. The van der Waals surface area contributed by atoms with E-state index in [1.807, 2.05) is 79.0 Å². The summed E-state index contributed by atoms with van der Waals surface area (Å²) in [6.45, 7) is 6.17. The molecule has 362 valence electrons. The lowest BCUT2D eigenvalue weighted by molar-refractivity contribution is -0.151.